The maximum absolute atomic E-state index is 4.92. The van der Waals surface area contributed by atoms with Gasteiger partial charge in [-0.2, -0.15) is 5.10 Å². The third-order valence-electron chi connectivity index (χ3n) is 2.80. The zero-order valence-corrected chi connectivity index (χ0v) is 11.0. The van der Waals surface area contributed by atoms with Gasteiger partial charge in [-0.3, -0.25) is 0 Å². The second kappa shape index (κ2) is 9.33. The number of nitrogens with two attached hydrogens (primary N) is 1. The SMILES string of the molecule is CCCCCCCc1ccc(N=N/C=N\N)cc1. The molecule has 2 N–H and O–H groups in total. The Morgan fingerprint density at radius 1 is 1.06 bits per heavy atom. The normalized spacial score (nSPS) is 11.6. The van der Waals surface area contributed by atoms with E-state index >= 15 is 0 Å². The standard InChI is InChI=1S/C14H22N4/c1-2-3-4-5-6-7-13-8-10-14(11-9-13)18-17-12-16-15/h8-12H,2-7,15H2,1H3/b16-12-,18-17?. The minimum absolute atomic E-state index is 0.824. The van der Waals surface area contributed by atoms with Crippen molar-refractivity contribution < 1.29 is 0 Å². The van der Waals surface area contributed by atoms with Gasteiger partial charge in [0.1, 0.15) is 0 Å². The van der Waals surface area contributed by atoms with Crippen molar-refractivity contribution in [3.05, 3.63) is 29.8 Å². The summed E-state index contributed by atoms with van der Waals surface area (Å²) in [6.07, 6.45) is 8.95. The van der Waals surface area contributed by atoms with E-state index in [4.69, 9.17) is 5.84 Å². The topological polar surface area (TPSA) is 63.1 Å². The minimum atomic E-state index is 0.824. The van der Waals surface area contributed by atoms with E-state index in [1.807, 2.05) is 12.1 Å². The summed E-state index contributed by atoms with van der Waals surface area (Å²) in [5, 5.41) is 10.9. The number of hydrogen-bond acceptors (Lipinski definition) is 3. The third kappa shape index (κ3) is 6.13. The molecule has 4 nitrogen and oxygen atoms in total. The molecule has 0 aliphatic rings. The number of benzene rings is 1. The molecular formula is C14H22N4. The van der Waals surface area contributed by atoms with Gasteiger partial charge in [-0.1, -0.05) is 44.7 Å². The van der Waals surface area contributed by atoms with Crippen LogP contribution in [0.2, 0.25) is 0 Å². The Morgan fingerprint density at radius 2 is 1.78 bits per heavy atom. The minimum Gasteiger partial charge on any atom is -0.322 e. The lowest BCUT2D eigenvalue weighted by Gasteiger charge is -2.01. The van der Waals surface area contributed by atoms with Gasteiger partial charge in [0.05, 0.1) is 5.69 Å². The molecule has 0 amide bonds. The predicted octanol–water partition coefficient (Wildman–Crippen LogP) is 4.19. The first-order valence-corrected chi connectivity index (χ1v) is 6.58. The Morgan fingerprint density at radius 3 is 2.44 bits per heavy atom. The fourth-order valence-electron chi connectivity index (χ4n) is 1.78. The number of hydrogen-bond donors (Lipinski definition) is 1. The first kappa shape index (κ1) is 14.4. The molecule has 0 aliphatic heterocycles. The van der Waals surface area contributed by atoms with E-state index < -0.39 is 0 Å². The lowest BCUT2D eigenvalue weighted by molar-refractivity contribution is 0.632. The van der Waals surface area contributed by atoms with Crippen LogP contribution in [0.5, 0.6) is 0 Å². The average Bonchev–Trinajstić information content (AvgIpc) is 2.40. The quantitative estimate of drug-likeness (QED) is 0.183. The summed E-state index contributed by atoms with van der Waals surface area (Å²) >= 11 is 0. The molecule has 0 fully saturated rings. The molecule has 1 aromatic carbocycles. The van der Waals surface area contributed by atoms with Crippen LogP contribution in [0.3, 0.4) is 0 Å². The van der Waals surface area contributed by atoms with Gasteiger partial charge in [0.25, 0.3) is 0 Å². The van der Waals surface area contributed by atoms with Crippen LogP contribution in [0.15, 0.2) is 39.6 Å². The zero-order valence-electron chi connectivity index (χ0n) is 11.0. The van der Waals surface area contributed by atoms with Gasteiger partial charge in [-0.05, 0) is 30.5 Å². The van der Waals surface area contributed by atoms with Crippen molar-refractivity contribution in [2.45, 2.75) is 45.4 Å². The van der Waals surface area contributed by atoms with Crippen molar-refractivity contribution in [1.82, 2.24) is 0 Å². The Hall–Kier alpha value is -1.71. The van der Waals surface area contributed by atoms with Crippen molar-refractivity contribution in [2.75, 3.05) is 0 Å². The van der Waals surface area contributed by atoms with E-state index in [1.54, 1.807) is 0 Å². The lowest BCUT2D eigenvalue weighted by Crippen LogP contribution is -1.85. The highest BCUT2D eigenvalue weighted by molar-refractivity contribution is 5.54. The summed E-state index contributed by atoms with van der Waals surface area (Å²) < 4.78 is 0. The van der Waals surface area contributed by atoms with Crippen molar-refractivity contribution >= 4 is 12.0 Å². The van der Waals surface area contributed by atoms with Gasteiger partial charge in [-0.25, -0.2) is 0 Å². The van der Waals surface area contributed by atoms with E-state index in [9.17, 15) is 0 Å². The Bertz CT molecular complexity index is 368. The Balaban J connectivity index is 2.31. The molecule has 0 radical (unpaired) electrons. The second-order valence-electron chi connectivity index (χ2n) is 4.31. The van der Waals surface area contributed by atoms with Crippen molar-refractivity contribution in [1.29, 1.82) is 0 Å². The summed E-state index contributed by atoms with van der Waals surface area (Å²) in [6, 6.07) is 8.14. The largest absolute Gasteiger partial charge is 0.322 e. The molecule has 0 saturated heterocycles. The molecule has 1 aromatic rings. The van der Waals surface area contributed by atoms with Crippen LogP contribution in [0, 0.1) is 0 Å². The predicted molar refractivity (Wildman–Crippen MR) is 76.1 cm³/mol. The molecule has 0 saturated carbocycles. The van der Waals surface area contributed by atoms with Gasteiger partial charge < -0.3 is 5.84 Å². The van der Waals surface area contributed by atoms with Crippen LogP contribution in [-0.4, -0.2) is 6.34 Å². The first-order valence-electron chi connectivity index (χ1n) is 6.58. The van der Waals surface area contributed by atoms with Crippen LogP contribution >= 0.6 is 0 Å². The summed E-state index contributed by atoms with van der Waals surface area (Å²) in [5.74, 6) is 4.92. The fraction of sp³-hybridized carbons (Fsp3) is 0.500. The average molecular weight is 246 g/mol. The molecule has 0 heterocycles. The maximum atomic E-state index is 4.92. The number of aryl methyl sites for hydroxylation is 1. The number of unbranched alkanes of at least 4 members (excludes halogenated alkanes) is 4. The summed E-state index contributed by atoms with van der Waals surface area (Å²) in [5.41, 5.74) is 2.18. The third-order valence-corrected chi connectivity index (χ3v) is 2.80. The van der Waals surface area contributed by atoms with E-state index in [2.05, 4.69) is 34.4 Å². The molecular weight excluding hydrogens is 224 g/mol. The van der Waals surface area contributed by atoms with Crippen LogP contribution < -0.4 is 5.84 Å². The molecule has 0 aromatic heterocycles. The Kier molecular flexibility index (Phi) is 7.44. The molecule has 0 unspecified atom stereocenters. The van der Waals surface area contributed by atoms with Gasteiger partial charge in [0, 0.05) is 0 Å². The smallest absolute Gasteiger partial charge is 0.157 e. The molecule has 0 atom stereocenters. The molecule has 4 heteroatoms. The number of hydrazone groups is 1. The number of azo groups is 1. The van der Waals surface area contributed by atoms with Crippen LogP contribution in [-0.2, 0) is 6.42 Å². The summed E-state index contributed by atoms with van der Waals surface area (Å²) in [4.78, 5) is 0. The van der Waals surface area contributed by atoms with Crippen LogP contribution in [0.1, 0.15) is 44.6 Å². The van der Waals surface area contributed by atoms with Crippen LogP contribution in [0.4, 0.5) is 5.69 Å². The molecule has 0 aliphatic carbocycles. The van der Waals surface area contributed by atoms with Crippen molar-refractivity contribution in [3.8, 4) is 0 Å². The molecule has 1 rings (SSSR count). The van der Waals surface area contributed by atoms with Gasteiger partial charge in [0.2, 0.25) is 0 Å². The zero-order chi connectivity index (χ0) is 13.1. The van der Waals surface area contributed by atoms with Gasteiger partial charge in [-0.15, -0.1) is 10.2 Å². The van der Waals surface area contributed by atoms with E-state index in [1.165, 1.54) is 44.0 Å². The highest BCUT2D eigenvalue weighted by atomic mass is 15.2. The molecule has 0 bridgehead atoms. The van der Waals surface area contributed by atoms with Crippen molar-refractivity contribution in [3.63, 3.8) is 0 Å². The highest BCUT2D eigenvalue weighted by Gasteiger charge is 1.94. The molecule has 18 heavy (non-hydrogen) atoms. The monoisotopic (exact) mass is 246 g/mol. The molecule has 0 spiro atoms. The first-order chi connectivity index (χ1) is 8.86. The number of nitrogens with zero attached hydrogens (tertiary/aromatic N) is 3. The fourth-order valence-corrected chi connectivity index (χ4v) is 1.78. The summed E-state index contributed by atoms with van der Waals surface area (Å²) in [6.45, 7) is 2.24. The van der Waals surface area contributed by atoms with E-state index in [0.29, 0.717) is 0 Å². The number of rotatable bonds is 8. The summed E-state index contributed by atoms with van der Waals surface area (Å²) in [7, 11) is 0. The highest BCUT2D eigenvalue weighted by Crippen LogP contribution is 2.15. The van der Waals surface area contributed by atoms with E-state index in [-0.39, 0.29) is 0 Å². The van der Waals surface area contributed by atoms with Crippen LogP contribution in [0.25, 0.3) is 0 Å². The van der Waals surface area contributed by atoms with Crippen molar-refractivity contribution in [2.24, 2.45) is 21.2 Å². The van der Waals surface area contributed by atoms with E-state index in [0.717, 1.165) is 12.1 Å². The second-order valence-corrected chi connectivity index (χ2v) is 4.31. The maximum Gasteiger partial charge on any atom is 0.157 e. The Labute approximate surface area is 109 Å². The van der Waals surface area contributed by atoms with Gasteiger partial charge in [0.15, 0.2) is 6.34 Å². The van der Waals surface area contributed by atoms with Gasteiger partial charge >= 0.3 is 0 Å². The molecule has 98 valence electrons. The lowest BCUT2D eigenvalue weighted by atomic mass is 10.1.